The maximum absolute atomic E-state index is 10.2. The molecule has 1 unspecified atom stereocenters. The van der Waals surface area contributed by atoms with Crippen LogP contribution in [0.2, 0.25) is 0 Å². The molecule has 0 aromatic carbocycles. The molecule has 1 radical (unpaired) electrons. The number of hydrogen-bond donors (Lipinski definition) is 0. The number of hydrogen-bond acceptors (Lipinski definition) is 0. The summed E-state index contributed by atoms with van der Waals surface area (Å²) in [4.78, 5) is 0.212. The third-order valence-electron chi connectivity index (χ3n) is 1.55. The number of alkyl halides is 1. The number of rotatable bonds is 6. The third kappa shape index (κ3) is 6.56. The Labute approximate surface area is 72.0 Å². The highest BCUT2D eigenvalue weighted by Gasteiger charge is 2.00. The lowest BCUT2D eigenvalue weighted by Crippen LogP contribution is -2.01. The van der Waals surface area contributed by atoms with Crippen molar-refractivity contribution < 1.29 is 5.11 Å². The lowest BCUT2D eigenvalue weighted by Gasteiger charge is -2.02. The van der Waals surface area contributed by atoms with Gasteiger partial charge in [0.2, 0.25) is 0 Å². The summed E-state index contributed by atoms with van der Waals surface area (Å²) in [5.41, 5.74) is 0. The first-order valence-corrected chi connectivity index (χ1v) is 4.95. The molecule has 0 aliphatic heterocycles. The Balaban J connectivity index is 2.89. The van der Waals surface area contributed by atoms with Crippen molar-refractivity contribution >= 4 is 15.9 Å². The van der Waals surface area contributed by atoms with Crippen LogP contribution in [0.25, 0.3) is 0 Å². The van der Waals surface area contributed by atoms with Crippen molar-refractivity contribution in [3.8, 4) is 0 Å². The lowest BCUT2D eigenvalue weighted by molar-refractivity contribution is 0.192. The molecular formula is C8H16BrO. The van der Waals surface area contributed by atoms with Gasteiger partial charge in [-0.2, -0.15) is 0 Å². The molecule has 0 saturated heterocycles. The number of halogens is 1. The predicted molar refractivity (Wildman–Crippen MR) is 47.0 cm³/mol. The topological polar surface area (TPSA) is 19.9 Å². The van der Waals surface area contributed by atoms with Gasteiger partial charge in [-0.1, -0.05) is 48.5 Å². The largest absolute Gasteiger partial charge is 0.236 e. The van der Waals surface area contributed by atoms with E-state index in [9.17, 15) is 5.11 Å². The van der Waals surface area contributed by atoms with E-state index in [1.807, 2.05) is 0 Å². The van der Waals surface area contributed by atoms with Crippen molar-refractivity contribution in [2.45, 2.75) is 43.9 Å². The first-order chi connectivity index (χ1) is 4.81. The second-order valence-electron chi connectivity index (χ2n) is 2.61. The first-order valence-electron chi connectivity index (χ1n) is 4.03. The van der Waals surface area contributed by atoms with Crippen molar-refractivity contribution in [2.24, 2.45) is 0 Å². The van der Waals surface area contributed by atoms with Gasteiger partial charge in [0.15, 0.2) is 0 Å². The van der Waals surface area contributed by atoms with Crippen LogP contribution in [0.4, 0.5) is 0 Å². The van der Waals surface area contributed by atoms with Gasteiger partial charge < -0.3 is 0 Å². The van der Waals surface area contributed by atoms with Crippen molar-refractivity contribution in [3.63, 3.8) is 0 Å². The standard InChI is InChI=1S/C8H16BrO/c1-2-3-4-5-6-8(9)7-10/h8H,2-7H2,1H3. The van der Waals surface area contributed by atoms with Crippen LogP contribution in [-0.2, 0) is 5.11 Å². The lowest BCUT2D eigenvalue weighted by atomic mass is 10.1. The average Bonchev–Trinajstić information content (AvgIpc) is 1.98. The monoisotopic (exact) mass is 207 g/mol. The zero-order valence-electron chi connectivity index (χ0n) is 6.61. The zero-order valence-corrected chi connectivity index (χ0v) is 8.19. The zero-order chi connectivity index (χ0) is 7.82. The van der Waals surface area contributed by atoms with E-state index >= 15 is 0 Å². The fraction of sp³-hybridized carbons (Fsp3) is 1.00. The fourth-order valence-electron chi connectivity index (χ4n) is 0.876. The van der Waals surface area contributed by atoms with E-state index in [1.54, 1.807) is 0 Å². The highest BCUT2D eigenvalue weighted by molar-refractivity contribution is 9.09. The van der Waals surface area contributed by atoms with Gasteiger partial charge in [0.1, 0.15) is 0 Å². The SMILES string of the molecule is CCCCCCC(Br)C[O]. The van der Waals surface area contributed by atoms with Gasteiger partial charge in [0.05, 0.1) is 6.61 Å². The summed E-state index contributed by atoms with van der Waals surface area (Å²) in [6.07, 6.45) is 6.09. The summed E-state index contributed by atoms with van der Waals surface area (Å²) >= 11 is 3.32. The molecule has 0 aliphatic carbocycles. The molecule has 0 aromatic rings. The van der Waals surface area contributed by atoms with Crippen molar-refractivity contribution in [1.82, 2.24) is 0 Å². The molecule has 0 spiro atoms. The molecule has 0 rings (SSSR count). The number of unbranched alkanes of at least 4 members (excludes halogenated alkanes) is 3. The molecule has 0 amide bonds. The van der Waals surface area contributed by atoms with Crippen LogP contribution in [0.5, 0.6) is 0 Å². The molecule has 10 heavy (non-hydrogen) atoms. The van der Waals surface area contributed by atoms with Gasteiger partial charge in [-0.3, -0.25) is 0 Å². The maximum Gasteiger partial charge on any atom is 0.0947 e. The summed E-state index contributed by atoms with van der Waals surface area (Å²) < 4.78 is 0. The van der Waals surface area contributed by atoms with Crippen LogP contribution in [0.15, 0.2) is 0 Å². The van der Waals surface area contributed by atoms with Crippen molar-refractivity contribution in [3.05, 3.63) is 0 Å². The molecule has 61 valence electrons. The Morgan fingerprint density at radius 3 is 2.50 bits per heavy atom. The molecule has 0 saturated carbocycles. The molecule has 2 heteroatoms. The molecule has 1 nitrogen and oxygen atoms in total. The quantitative estimate of drug-likeness (QED) is 0.472. The van der Waals surface area contributed by atoms with Gasteiger partial charge in [0.25, 0.3) is 0 Å². The summed E-state index contributed by atoms with van der Waals surface area (Å²) in [5.74, 6) is 0. The van der Waals surface area contributed by atoms with Crippen LogP contribution < -0.4 is 0 Å². The minimum atomic E-state index is 0.0200. The van der Waals surface area contributed by atoms with Gasteiger partial charge in [-0.15, -0.1) is 0 Å². The molecule has 0 bridgehead atoms. The van der Waals surface area contributed by atoms with E-state index in [2.05, 4.69) is 22.9 Å². The van der Waals surface area contributed by atoms with E-state index in [0.717, 1.165) is 6.42 Å². The van der Waals surface area contributed by atoms with Crippen LogP contribution in [0.1, 0.15) is 39.0 Å². The first kappa shape index (κ1) is 10.4. The Kier molecular flexibility index (Phi) is 7.88. The fourth-order valence-corrected chi connectivity index (χ4v) is 1.20. The van der Waals surface area contributed by atoms with Crippen LogP contribution in [-0.4, -0.2) is 11.4 Å². The normalized spacial score (nSPS) is 13.5. The molecule has 0 N–H and O–H groups in total. The van der Waals surface area contributed by atoms with Crippen LogP contribution in [0.3, 0.4) is 0 Å². The van der Waals surface area contributed by atoms with Gasteiger partial charge in [0, 0.05) is 4.83 Å². The minimum Gasteiger partial charge on any atom is -0.236 e. The second-order valence-corrected chi connectivity index (χ2v) is 3.91. The Bertz CT molecular complexity index is 66.3. The van der Waals surface area contributed by atoms with E-state index in [1.165, 1.54) is 25.7 Å². The summed E-state index contributed by atoms with van der Waals surface area (Å²) in [7, 11) is 0. The highest BCUT2D eigenvalue weighted by Crippen LogP contribution is 2.10. The van der Waals surface area contributed by atoms with E-state index in [0.29, 0.717) is 0 Å². The van der Waals surface area contributed by atoms with Crippen molar-refractivity contribution in [2.75, 3.05) is 6.61 Å². The Morgan fingerprint density at radius 1 is 1.30 bits per heavy atom. The second kappa shape index (κ2) is 7.55. The van der Waals surface area contributed by atoms with E-state index in [-0.39, 0.29) is 11.4 Å². The summed E-state index contributed by atoms with van der Waals surface area (Å²) in [6, 6.07) is 0. The Morgan fingerprint density at radius 2 is 2.00 bits per heavy atom. The third-order valence-corrected chi connectivity index (χ3v) is 2.27. The highest BCUT2D eigenvalue weighted by atomic mass is 79.9. The Hall–Kier alpha value is 0.440. The average molecular weight is 208 g/mol. The van der Waals surface area contributed by atoms with E-state index in [4.69, 9.17) is 0 Å². The maximum atomic E-state index is 10.2. The molecule has 0 aliphatic rings. The summed E-state index contributed by atoms with van der Waals surface area (Å²) in [5, 5.41) is 10.2. The molecule has 0 aromatic heterocycles. The minimum absolute atomic E-state index is 0.0200. The summed E-state index contributed by atoms with van der Waals surface area (Å²) in [6.45, 7) is 2.21. The molecule has 0 fully saturated rings. The van der Waals surface area contributed by atoms with Crippen molar-refractivity contribution in [1.29, 1.82) is 0 Å². The van der Waals surface area contributed by atoms with Crippen LogP contribution >= 0.6 is 15.9 Å². The van der Waals surface area contributed by atoms with Gasteiger partial charge in [-0.05, 0) is 6.42 Å². The van der Waals surface area contributed by atoms with Crippen LogP contribution in [0, 0.1) is 0 Å². The van der Waals surface area contributed by atoms with Gasteiger partial charge >= 0.3 is 0 Å². The van der Waals surface area contributed by atoms with Gasteiger partial charge in [-0.25, -0.2) is 5.11 Å². The van der Waals surface area contributed by atoms with E-state index < -0.39 is 0 Å². The molecule has 1 atom stereocenters. The predicted octanol–water partition coefficient (Wildman–Crippen LogP) is 3.15. The molecule has 0 heterocycles. The molecular weight excluding hydrogens is 192 g/mol. The smallest absolute Gasteiger partial charge is 0.0947 e.